The molecule has 0 bridgehead atoms. The average Bonchev–Trinajstić information content (AvgIpc) is 3.48. The van der Waals surface area contributed by atoms with E-state index in [2.05, 4.69) is 50.8 Å². The van der Waals surface area contributed by atoms with Crippen LogP contribution in [0.1, 0.15) is 16.7 Å². The fraction of sp³-hybridized carbons (Fsp3) is 0.333. The fourth-order valence-corrected chi connectivity index (χ4v) is 5.71. The van der Waals surface area contributed by atoms with Crippen LogP contribution in [0.15, 0.2) is 54.6 Å². The Morgan fingerprint density at radius 3 is 2.00 bits per heavy atom. The summed E-state index contributed by atoms with van der Waals surface area (Å²) < 4.78 is 0. The molecule has 3 aliphatic rings. The number of aryl methyl sites for hydroxylation is 2. The highest BCUT2D eigenvalue weighted by Gasteiger charge is 2.23. The number of nitrogen functional groups attached to an aromatic ring is 3. The van der Waals surface area contributed by atoms with Crippen LogP contribution in [0.2, 0.25) is 39.4 Å². The molecule has 0 saturated carbocycles. The molecular weight excluding hydrogens is 399 g/mol. The lowest BCUT2D eigenvalue weighted by Crippen LogP contribution is -2.25. The highest BCUT2D eigenvalue weighted by atomic mass is 14.6. The van der Waals surface area contributed by atoms with E-state index in [-0.39, 0.29) is 0 Å². The van der Waals surface area contributed by atoms with E-state index >= 15 is 0 Å². The Morgan fingerprint density at radius 2 is 1.24 bits per heavy atom. The summed E-state index contributed by atoms with van der Waals surface area (Å²) in [5, 5.41) is 0. The summed E-state index contributed by atoms with van der Waals surface area (Å²) in [5.74, 6) is 0. The van der Waals surface area contributed by atoms with Gasteiger partial charge < -0.3 is 17.2 Å². The van der Waals surface area contributed by atoms with Gasteiger partial charge in [-0.3, -0.25) is 0 Å². The van der Waals surface area contributed by atoms with Crippen LogP contribution >= 0.6 is 0 Å². The van der Waals surface area contributed by atoms with Gasteiger partial charge in [0.05, 0.1) is 0 Å². The predicted octanol–water partition coefficient (Wildman–Crippen LogP) is 3.47. The van der Waals surface area contributed by atoms with Crippen molar-refractivity contribution in [3.8, 4) is 0 Å². The topological polar surface area (TPSA) is 78.1 Å². The Bertz CT molecular complexity index is 1130. The molecule has 6 rings (SSSR count). The van der Waals surface area contributed by atoms with Gasteiger partial charge in [0.25, 0.3) is 0 Å². The van der Waals surface area contributed by atoms with Crippen molar-refractivity contribution in [3.63, 3.8) is 0 Å². The minimum absolute atomic E-state index is 0.672. The number of benzene rings is 3. The van der Waals surface area contributed by atoms with Gasteiger partial charge in [-0.25, -0.2) is 0 Å². The van der Waals surface area contributed by atoms with Crippen molar-refractivity contribution in [2.45, 2.75) is 58.7 Å². The van der Waals surface area contributed by atoms with Crippen molar-refractivity contribution >= 4 is 53.6 Å². The van der Waals surface area contributed by atoms with Crippen molar-refractivity contribution in [1.82, 2.24) is 0 Å². The first-order chi connectivity index (χ1) is 15.8. The van der Waals surface area contributed by atoms with E-state index in [1.807, 2.05) is 24.3 Å². The molecule has 3 aliphatic heterocycles. The lowest BCUT2D eigenvalue weighted by Gasteiger charge is -2.05. The minimum Gasteiger partial charge on any atom is -0.399 e. The largest absolute Gasteiger partial charge is 0.399 e. The van der Waals surface area contributed by atoms with Crippen LogP contribution in [-0.4, -0.2) is 20.1 Å². The Hall–Kier alpha value is -2.75. The van der Waals surface area contributed by atoms with Gasteiger partial charge in [0.2, 0.25) is 0 Å². The van der Waals surface area contributed by atoms with Crippen molar-refractivity contribution in [2.75, 3.05) is 17.2 Å². The maximum absolute atomic E-state index is 5.86. The van der Waals surface area contributed by atoms with Gasteiger partial charge in [0.1, 0.15) is 0 Å². The molecule has 6 heteroatoms. The van der Waals surface area contributed by atoms with Gasteiger partial charge in [-0.1, -0.05) is 97.3 Å². The van der Waals surface area contributed by atoms with Crippen LogP contribution in [0.5, 0.6) is 0 Å². The third-order valence-electron chi connectivity index (χ3n) is 7.72. The molecule has 3 aromatic rings. The predicted molar refractivity (Wildman–Crippen MR) is 152 cm³/mol. The van der Waals surface area contributed by atoms with Crippen molar-refractivity contribution in [2.24, 2.45) is 0 Å². The van der Waals surface area contributed by atoms with Crippen LogP contribution in [0, 0.1) is 0 Å². The van der Waals surface area contributed by atoms with Crippen LogP contribution in [0.25, 0.3) is 0 Å². The van der Waals surface area contributed by atoms with E-state index in [9.17, 15) is 0 Å². The third kappa shape index (κ3) is 5.10. The van der Waals surface area contributed by atoms with E-state index in [1.54, 1.807) is 0 Å². The zero-order valence-corrected chi connectivity index (χ0v) is 20.4. The van der Waals surface area contributed by atoms with E-state index in [0.29, 0.717) is 13.4 Å². The van der Waals surface area contributed by atoms with Crippen molar-refractivity contribution in [1.29, 1.82) is 0 Å². The maximum atomic E-state index is 5.86. The molecule has 0 amide bonds. The second-order valence-electron chi connectivity index (χ2n) is 10.1. The van der Waals surface area contributed by atoms with Gasteiger partial charge in [-0.05, 0) is 49.1 Å². The fourth-order valence-electron chi connectivity index (χ4n) is 5.71. The third-order valence-corrected chi connectivity index (χ3v) is 7.72. The zero-order chi connectivity index (χ0) is 23.5. The molecule has 0 saturated heterocycles. The molecule has 0 unspecified atom stereocenters. The molecule has 0 aliphatic carbocycles. The summed E-state index contributed by atoms with van der Waals surface area (Å²) in [6, 6.07) is 18.8. The van der Waals surface area contributed by atoms with Crippen LogP contribution in [0.3, 0.4) is 0 Å². The van der Waals surface area contributed by atoms with E-state index < -0.39 is 0 Å². The quantitative estimate of drug-likeness (QED) is 0.374. The number of hydrogen-bond acceptors (Lipinski definition) is 3. The highest BCUT2D eigenvalue weighted by molar-refractivity contribution is 6.75. The van der Waals surface area contributed by atoms with Crippen LogP contribution in [-0.2, 0) is 19.3 Å². The highest BCUT2D eigenvalue weighted by Crippen LogP contribution is 2.20. The molecule has 0 atom stereocenters. The molecule has 0 aromatic heterocycles. The lowest BCUT2D eigenvalue weighted by molar-refractivity contribution is 1.17. The summed E-state index contributed by atoms with van der Waals surface area (Å²) in [5.41, 5.74) is 28.9. The maximum Gasteiger partial charge on any atom is 0.176 e. The smallest absolute Gasteiger partial charge is 0.176 e. The molecule has 6 N–H and O–H groups in total. The standard InChI is InChI=1S/3C9H12BN/c1-10-5-4-7-6-8(11)2-3-9(7)10;1-10-6-5-7-8(10)3-2-4-9(7)11;1-10-6-5-7-3-2-4-8(11)9(7)10/h2-3,6H,4-5,11H2,1H3;2*2-4H,5-6,11H2,1H3. The summed E-state index contributed by atoms with van der Waals surface area (Å²) in [7, 11) is 0. The Labute approximate surface area is 200 Å². The number of anilines is 3. The monoisotopic (exact) mass is 435 g/mol. The van der Waals surface area contributed by atoms with E-state index in [4.69, 9.17) is 17.2 Å². The van der Waals surface area contributed by atoms with Gasteiger partial charge in [0.15, 0.2) is 20.1 Å². The normalized spacial score (nSPS) is 15.2. The van der Waals surface area contributed by atoms with Crippen molar-refractivity contribution in [3.05, 3.63) is 71.3 Å². The van der Waals surface area contributed by atoms with Gasteiger partial charge in [-0.15, -0.1) is 0 Å². The van der Waals surface area contributed by atoms with Crippen LogP contribution in [0.4, 0.5) is 17.1 Å². The Morgan fingerprint density at radius 1 is 0.606 bits per heavy atom. The molecule has 0 spiro atoms. The molecule has 33 heavy (non-hydrogen) atoms. The Balaban J connectivity index is 0.000000118. The molecule has 0 fully saturated rings. The zero-order valence-electron chi connectivity index (χ0n) is 20.4. The van der Waals surface area contributed by atoms with Crippen LogP contribution < -0.4 is 33.6 Å². The number of rotatable bonds is 0. The van der Waals surface area contributed by atoms with E-state index in [0.717, 1.165) is 23.8 Å². The number of fused-ring (bicyclic) bond motifs is 3. The lowest BCUT2D eigenvalue weighted by atomic mass is 9.47. The summed E-state index contributed by atoms with van der Waals surface area (Å²) >= 11 is 0. The van der Waals surface area contributed by atoms with Crippen molar-refractivity contribution < 1.29 is 0 Å². The summed E-state index contributed by atoms with van der Waals surface area (Å²) in [6.45, 7) is 8.93. The first kappa shape index (κ1) is 23.4. The molecule has 0 radical (unpaired) electrons. The van der Waals surface area contributed by atoms with E-state index in [1.165, 1.54) is 71.3 Å². The molecule has 168 valence electrons. The second kappa shape index (κ2) is 10.0. The van der Waals surface area contributed by atoms with Gasteiger partial charge >= 0.3 is 0 Å². The Kier molecular flexibility index (Phi) is 7.12. The average molecular weight is 435 g/mol. The van der Waals surface area contributed by atoms with Gasteiger partial charge in [0, 0.05) is 17.1 Å². The molecule has 3 nitrogen and oxygen atoms in total. The molecule has 3 aromatic carbocycles. The SMILES string of the molecule is CB1CCc2c(N)cccc21.CB1CCc2cc(N)ccc21.CB1CCc2cccc(N)c21. The number of nitrogens with two attached hydrogens (primary N) is 3. The first-order valence-corrected chi connectivity index (χ1v) is 12.5. The summed E-state index contributed by atoms with van der Waals surface area (Å²) in [6.07, 6.45) is 7.41. The van der Waals surface area contributed by atoms with Gasteiger partial charge in [-0.2, -0.15) is 0 Å². The minimum atomic E-state index is 0.672. The second-order valence-corrected chi connectivity index (χ2v) is 10.1. The molecular formula is C27H36B3N3. The number of hydrogen-bond donors (Lipinski definition) is 3. The first-order valence-electron chi connectivity index (χ1n) is 12.5. The molecule has 3 heterocycles. The summed E-state index contributed by atoms with van der Waals surface area (Å²) in [4.78, 5) is 0.